The summed E-state index contributed by atoms with van der Waals surface area (Å²) in [6.07, 6.45) is 23.2. The maximum atomic E-state index is 12.3. The Bertz CT molecular complexity index is 495. The van der Waals surface area contributed by atoms with Crippen molar-refractivity contribution in [1.82, 2.24) is 4.90 Å². The molecular weight excluding hydrogens is 310 g/mol. The van der Waals surface area contributed by atoms with E-state index in [0.29, 0.717) is 0 Å². The molecule has 1 atom stereocenters. The number of hydrogen-bond donors (Lipinski definition) is 0. The second-order valence-electron chi connectivity index (χ2n) is 7.39. The Hall–Kier alpha value is -1.77. The monoisotopic (exact) mass is 345 g/mol. The number of likely N-dealkylation sites (tertiary alicyclic amines) is 1. The van der Waals surface area contributed by atoms with Gasteiger partial charge >= 0.3 is 6.09 Å². The molecule has 1 heterocycles. The first-order valence-corrected chi connectivity index (χ1v) is 9.58. The summed E-state index contributed by atoms with van der Waals surface area (Å²) in [6, 6.07) is 0.136. The van der Waals surface area contributed by atoms with Crippen LogP contribution >= 0.6 is 0 Å². The van der Waals surface area contributed by atoms with Gasteiger partial charge < -0.3 is 9.64 Å². The molecule has 25 heavy (non-hydrogen) atoms. The van der Waals surface area contributed by atoms with Crippen molar-refractivity contribution in [3.63, 3.8) is 0 Å². The molecule has 140 valence electrons. The fraction of sp³-hybridized carbons (Fsp3) is 0.591. The summed E-state index contributed by atoms with van der Waals surface area (Å²) in [5.74, 6) is 0. The maximum absolute atomic E-state index is 12.3. The minimum absolute atomic E-state index is 0.136. The van der Waals surface area contributed by atoms with Gasteiger partial charge in [0.1, 0.15) is 5.60 Å². The Morgan fingerprint density at radius 3 is 2.48 bits per heavy atom. The predicted molar refractivity (Wildman–Crippen MR) is 107 cm³/mol. The van der Waals surface area contributed by atoms with E-state index in [1.165, 1.54) is 0 Å². The van der Waals surface area contributed by atoms with Gasteiger partial charge in [0.15, 0.2) is 0 Å². The standard InChI is InChI=1S/C22H35NO2/c1-5-6-7-8-9-10-11-12-13-14-17-20-18-15-16-19-23(20)21(24)25-22(2,3)4/h6-7,10-14,17,20H,5,8-9,15-16,18-19H2,1-4H3/b7-6+,11-10+,13-12+,17-14+. The molecule has 1 aliphatic heterocycles. The van der Waals surface area contributed by atoms with E-state index in [0.717, 1.165) is 45.1 Å². The smallest absolute Gasteiger partial charge is 0.410 e. The summed E-state index contributed by atoms with van der Waals surface area (Å²) >= 11 is 0. The summed E-state index contributed by atoms with van der Waals surface area (Å²) in [5, 5.41) is 0. The van der Waals surface area contributed by atoms with Crippen molar-refractivity contribution in [2.75, 3.05) is 6.54 Å². The number of allylic oxidation sites excluding steroid dienone is 7. The van der Waals surface area contributed by atoms with Crippen LogP contribution in [0, 0.1) is 0 Å². The third kappa shape index (κ3) is 9.96. The summed E-state index contributed by atoms with van der Waals surface area (Å²) in [6.45, 7) is 8.66. The van der Waals surface area contributed by atoms with Gasteiger partial charge in [0, 0.05) is 6.54 Å². The summed E-state index contributed by atoms with van der Waals surface area (Å²) in [4.78, 5) is 14.2. The van der Waals surface area contributed by atoms with E-state index >= 15 is 0 Å². The SMILES string of the molecule is CC/C=C/CC/C=C/C=C/C=C/C1CCCCN1C(=O)OC(C)(C)C. The summed E-state index contributed by atoms with van der Waals surface area (Å²) in [7, 11) is 0. The zero-order valence-electron chi connectivity index (χ0n) is 16.4. The Morgan fingerprint density at radius 1 is 1.04 bits per heavy atom. The molecule has 0 saturated carbocycles. The van der Waals surface area contributed by atoms with Gasteiger partial charge in [0.25, 0.3) is 0 Å². The van der Waals surface area contributed by atoms with Crippen LogP contribution in [-0.4, -0.2) is 29.2 Å². The average Bonchev–Trinajstić information content (AvgIpc) is 2.55. The topological polar surface area (TPSA) is 29.5 Å². The molecule has 1 rings (SSSR count). The third-order valence-corrected chi connectivity index (χ3v) is 3.88. The number of hydrogen-bond acceptors (Lipinski definition) is 2. The molecule has 3 nitrogen and oxygen atoms in total. The molecule has 1 saturated heterocycles. The Morgan fingerprint density at radius 2 is 1.76 bits per heavy atom. The Labute approximate surface area is 154 Å². The lowest BCUT2D eigenvalue weighted by atomic mass is 10.0. The van der Waals surface area contributed by atoms with Crippen molar-refractivity contribution in [2.24, 2.45) is 0 Å². The summed E-state index contributed by atoms with van der Waals surface area (Å²) in [5.41, 5.74) is -0.445. The zero-order valence-corrected chi connectivity index (χ0v) is 16.4. The normalized spacial score (nSPS) is 19.7. The lowest BCUT2D eigenvalue weighted by Crippen LogP contribution is -2.45. The van der Waals surface area contributed by atoms with E-state index in [1.54, 1.807) is 0 Å². The van der Waals surface area contributed by atoms with E-state index in [2.05, 4.69) is 37.3 Å². The molecule has 1 fully saturated rings. The van der Waals surface area contributed by atoms with Crippen LogP contribution in [0.2, 0.25) is 0 Å². The first kappa shape index (κ1) is 21.3. The predicted octanol–water partition coefficient (Wildman–Crippen LogP) is 6.19. The number of ether oxygens (including phenoxy) is 1. The molecule has 0 N–H and O–H groups in total. The van der Waals surface area contributed by atoms with Crippen LogP contribution in [-0.2, 0) is 4.74 Å². The second kappa shape index (κ2) is 11.7. The minimum atomic E-state index is -0.445. The van der Waals surface area contributed by atoms with Crippen molar-refractivity contribution >= 4 is 6.09 Å². The van der Waals surface area contributed by atoms with Gasteiger partial charge in [0.2, 0.25) is 0 Å². The van der Waals surface area contributed by atoms with E-state index in [1.807, 2.05) is 43.9 Å². The van der Waals surface area contributed by atoms with E-state index in [4.69, 9.17) is 4.74 Å². The molecule has 0 bridgehead atoms. The molecule has 1 aliphatic rings. The maximum Gasteiger partial charge on any atom is 0.410 e. The van der Waals surface area contributed by atoms with Gasteiger partial charge in [-0.2, -0.15) is 0 Å². The molecular formula is C22H35NO2. The molecule has 0 aromatic heterocycles. The Kier molecular flexibility index (Phi) is 9.98. The van der Waals surface area contributed by atoms with Crippen LogP contribution in [0.5, 0.6) is 0 Å². The van der Waals surface area contributed by atoms with Crippen molar-refractivity contribution < 1.29 is 9.53 Å². The number of unbranched alkanes of at least 4 members (excludes halogenated alkanes) is 1. The average molecular weight is 346 g/mol. The molecule has 3 heteroatoms. The highest BCUT2D eigenvalue weighted by atomic mass is 16.6. The number of piperidine rings is 1. The van der Waals surface area contributed by atoms with Gasteiger partial charge in [0.05, 0.1) is 6.04 Å². The van der Waals surface area contributed by atoms with Crippen LogP contribution in [0.3, 0.4) is 0 Å². The van der Waals surface area contributed by atoms with Gasteiger partial charge in [-0.25, -0.2) is 4.79 Å². The number of carbonyl (C=O) groups excluding carboxylic acids is 1. The number of rotatable bonds is 7. The minimum Gasteiger partial charge on any atom is -0.444 e. The van der Waals surface area contributed by atoms with Crippen molar-refractivity contribution in [3.05, 3.63) is 48.6 Å². The van der Waals surface area contributed by atoms with Crippen LogP contribution in [0.15, 0.2) is 48.6 Å². The Balaban J connectivity index is 2.44. The van der Waals surface area contributed by atoms with Gasteiger partial charge in [-0.05, 0) is 59.3 Å². The second-order valence-corrected chi connectivity index (χ2v) is 7.39. The van der Waals surface area contributed by atoms with E-state index in [-0.39, 0.29) is 12.1 Å². The van der Waals surface area contributed by atoms with Crippen LogP contribution in [0.25, 0.3) is 0 Å². The third-order valence-electron chi connectivity index (χ3n) is 3.88. The first-order valence-electron chi connectivity index (χ1n) is 9.58. The number of nitrogens with zero attached hydrogens (tertiary/aromatic N) is 1. The zero-order chi connectivity index (χ0) is 18.5. The largest absolute Gasteiger partial charge is 0.444 e. The van der Waals surface area contributed by atoms with Crippen molar-refractivity contribution in [3.8, 4) is 0 Å². The van der Waals surface area contributed by atoms with Crippen LogP contribution in [0.4, 0.5) is 4.79 Å². The first-order chi connectivity index (χ1) is 11.9. The fourth-order valence-corrected chi connectivity index (χ4v) is 2.68. The lowest BCUT2D eigenvalue weighted by Gasteiger charge is -2.35. The highest BCUT2D eigenvalue weighted by Crippen LogP contribution is 2.21. The lowest BCUT2D eigenvalue weighted by molar-refractivity contribution is 0.0149. The molecule has 1 unspecified atom stereocenters. The van der Waals surface area contributed by atoms with Gasteiger partial charge in [-0.1, -0.05) is 55.5 Å². The fourth-order valence-electron chi connectivity index (χ4n) is 2.68. The van der Waals surface area contributed by atoms with Gasteiger partial charge in [-0.15, -0.1) is 0 Å². The molecule has 0 aromatic rings. The molecule has 0 aromatic carbocycles. The number of carbonyl (C=O) groups is 1. The van der Waals surface area contributed by atoms with Crippen LogP contribution in [0.1, 0.15) is 66.2 Å². The highest BCUT2D eigenvalue weighted by molar-refractivity contribution is 5.69. The van der Waals surface area contributed by atoms with Crippen molar-refractivity contribution in [2.45, 2.75) is 77.9 Å². The molecule has 0 spiro atoms. The van der Waals surface area contributed by atoms with Gasteiger partial charge in [-0.3, -0.25) is 0 Å². The number of amides is 1. The van der Waals surface area contributed by atoms with E-state index < -0.39 is 5.60 Å². The van der Waals surface area contributed by atoms with E-state index in [9.17, 15) is 4.79 Å². The molecule has 0 aliphatic carbocycles. The quantitative estimate of drug-likeness (QED) is 0.313. The molecule has 0 radical (unpaired) electrons. The molecule has 1 amide bonds. The highest BCUT2D eigenvalue weighted by Gasteiger charge is 2.28. The van der Waals surface area contributed by atoms with Crippen LogP contribution < -0.4 is 0 Å². The van der Waals surface area contributed by atoms with Crippen molar-refractivity contribution in [1.29, 1.82) is 0 Å². The summed E-state index contributed by atoms with van der Waals surface area (Å²) < 4.78 is 5.53.